The molecule has 4 aromatic heterocycles. The van der Waals surface area contributed by atoms with E-state index in [2.05, 4.69) is 30.2 Å². The number of thioether (sulfide) groups is 1. The summed E-state index contributed by atoms with van der Waals surface area (Å²) >= 11 is 1.61. The summed E-state index contributed by atoms with van der Waals surface area (Å²) in [6, 6.07) is 3.68. The second-order valence-electron chi connectivity index (χ2n) is 9.23. The number of fused-ring (bicyclic) bond motifs is 1. The van der Waals surface area contributed by atoms with Crippen molar-refractivity contribution in [2.45, 2.75) is 70.1 Å². The highest BCUT2D eigenvalue weighted by Gasteiger charge is 2.31. The molecule has 0 bridgehead atoms. The lowest BCUT2D eigenvalue weighted by atomic mass is 10.1. The maximum atomic E-state index is 14.4. The molecule has 1 aliphatic carbocycles. The van der Waals surface area contributed by atoms with Gasteiger partial charge in [0.05, 0.1) is 29.2 Å². The fourth-order valence-corrected chi connectivity index (χ4v) is 4.66. The van der Waals surface area contributed by atoms with Gasteiger partial charge < -0.3 is 5.32 Å². The maximum Gasteiger partial charge on any atom is 0.295 e. The van der Waals surface area contributed by atoms with Crippen molar-refractivity contribution in [2.75, 3.05) is 11.6 Å². The van der Waals surface area contributed by atoms with Gasteiger partial charge in [0.15, 0.2) is 17.3 Å². The van der Waals surface area contributed by atoms with Gasteiger partial charge >= 0.3 is 0 Å². The molecule has 0 unspecified atom stereocenters. The van der Waals surface area contributed by atoms with Crippen LogP contribution in [-0.4, -0.2) is 40.7 Å². The van der Waals surface area contributed by atoms with Crippen molar-refractivity contribution in [3.8, 4) is 11.4 Å². The molecule has 1 N–H and O–H groups in total. The van der Waals surface area contributed by atoms with Crippen LogP contribution in [0.3, 0.4) is 0 Å². The number of pyridine rings is 1. The average Bonchev–Trinajstić information content (AvgIpc) is 3.77. The molecule has 0 aliphatic heterocycles. The Morgan fingerprint density at radius 1 is 1.19 bits per heavy atom. The number of alkyl halides is 1. The van der Waals surface area contributed by atoms with E-state index < -0.39 is 6.67 Å². The summed E-state index contributed by atoms with van der Waals surface area (Å²) in [4.78, 5) is 41.9. The molecule has 0 radical (unpaired) electrons. The van der Waals surface area contributed by atoms with E-state index in [0.29, 0.717) is 35.9 Å². The third-order valence-electron chi connectivity index (χ3n) is 6.69. The van der Waals surface area contributed by atoms with Crippen LogP contribution in [0.15, 0.2) is 34.3 Å². The van der Waals surface area contributed by atoms with E-state index in [1.54, 1.807) is 28.9 Å². The van der Waals surface area contributed by atoms with Gasteiger partial charge in [-0.3, -0.25) is 14.3 Å². The minimum absolute atomic E-state index is 0.118. The van der Waals surface area contributed by atoms with E-state index in [0.717, 1.165) is 34.8 Å². The van der Waals surface area contributed by atoms with E-state index in [1.807, 2.05) is 39.2 Å². The molecular weight excluding hydrogens is 491 g/mol. The van der Waals surface area contributed by atoms with Crippen molar-refractivity contribution in [1.82, 2.24) is 34.5 Å². The predicted molar refractivity (Wildman–Crippen MR) is 142 cm³/mol. The highest BCUT2D eigenvalue weighted by atomic mass is 32.2. The fraction of sp³-hybridized carbons (Fsp3) is 0.423. The lowest BCUT2D eigenvalue weighted by Gasteiger charge is -2.19. The number of aromatic nitrogens is 7. The highest BCUT2D eigenvalue weighted by molar-refractivity contribution is 7.98. The summed E-state index contributed by atoms with van der Waals surface area (Å²) in [5.74, 6) is 0.773. The van der Waals surface area contributed by atoms with Crippen LogP contribution in [0.25, 0.3) is 22.6 Å². The van der Waals surface area contributed by atoms with Gasteiger partial charge in [0.1, 0.15) is 24.2 Å². The zero-order valence-electron chi connectivity index (χ0n) is 21.3. The number of aryl methyl sites for hydroxylation is 1. The van der Waals surface area contributed by atoms with Gasteiger partial charge in [-0.1, -0.05) is 6.92 Å². The summed E-state index contributed by atoms with van der Waals surface area (Å²) in [5.41, 5.74) is 3.47. The molecule has 37 heavy (non-hydrogen) atoms. The summed E-state index contributed by atoms with van der Waals surface area (Å²) in [6.45, 7) is 5.26. The zero-order valence-corrected chi connectivity index (χ0v) is 22.1. The first-order valence-electron chi connectivity index (χ1n) is 12.4. The topological polar surface area (TPSA) is 111 Å². The van der Waals surface area contributed by atoms with E-state index in [1.165, 1.54) is 0 Å². The molecule has 4 heterocycles. The molecule has 0 amide bonds. The second kappa shape index (κ2) is 10.5. The predicted octanol–water partition coefficient (Wildman–Crippen LogP) is 5.00. The summed E-state index contributed by atoms with van der Waals surface area (Å²) < 4.78 is 16.0. The Labute approximate surface area is 218 Å². The molecule has 4 aromatic rings. The van der Waals surface area contributed by atoms with Crippen molar-refractivity contribution in [2.24, 2.45) is 0 Å². The number of hydrogen-bond acceptors (Lipinski definition) is 9. The Morgan fingerprint density at radius 2 is 2.00 bits per heavy atom. The van der Waals surface area contributed by atoms with Gasteiger partial charge in [-0.25, -0.2) is 29.3 Å². The van der Waals surface area contributed by atoms with Crippen LogP contribution in [0.2, 0.25) is 0 Å². The lowest BCUT2D eigenvalue weighted by Crippen LogP contribution is -2.29. The first-order chi connectivity index (χ1) is 17.9. The average molecular weight is 521 g/mol. The highest BCUT2D eigenvalue weighted by Crippen LogP contribution is 2.43. The first-order valence-corrected chi connectivity index (χ1v) is 13.6. The van der Waals surface area contributed by atoms with Gasteiger partial charge in [0.2, 0.25) is 0 Å². The molecule has 1 saturated carbocycles. The van der Waals surface area contributed by atoms with Crippen molar-refractivity contribution in [1.29, 1.82) is 0 Å². The first kappa shape index (κ1) is 25.2. The Morgan fingerprint density at radius 3 is 2.65 bits per heavy atom. The van der Waals surface area contributed by atoms with E-state index in [-0.39, 0.29) is 28.6 Å². The lowest BCUT2D eigenvalue weighted by molar-refractivity contribution is 0.477. The monoisotopic (exact) mass is 520 g/mol. The molecule has 0 aromatic carbocycles. The summed E-state index contributed by atoms with van der Waals surface area (Å²) in [6.07, 6.45) is 8.07. The molecule has 1 aliphatic rings. The molecule has 0 saturated heterocycles. The minimum Gasteiger partial charge on any atom is -0.360 e. The number of halogens is 1. The molecule has 9 nitrogen and oxygen atoms in total. The van der Waals surface area contributed by atoms with Gasteiger partial charge in [0, 0.05) is 23.1 Å². The van der Waals surface area contributed by atoms with Crippen molar-refractivity contribution in [3.63, 3.8) is 0 Å². The van der Waals surface area contributed by atoms with Crippen molar-refractivity contribution >= 4 is 28.7 Å². The quantitative estimate of drug-likeness (QED) is 0.305. The number of rotatable bonds is 9. The van der Waals surface area contributed by atoms with Crippen LogP contribution in [0.1, 0.15) is 67.8 Å². The summed E-state index contributed by atoms with van der Waals surface area (Å²) in [5, 5.41) is 3.11. The van der Waals surface area contributed by atoms with Crippen LogP contribution in [0, 0.1) is 6.92 Å². The fourth-order valence-electron chi connectivity index (χ4n) is 4.30. The molecule has 192 valence electrons. The maximum absolute atomic E-state index is 14.4. The van der Waals surface area contributed by atoms with E-state index >= 15 is 0 Å². The van der Waals surface area contributed by atoms with Gasteiger partial charge in [-0.2, -0.15) is 0 Å². The van der Waals surface area contributed by atoms with Gasteiger partial charge in [0.25, 0.3) is 5.56 Å². The normalized spacial score (nSPS) is 14.2. The molecule has 11 heteroatoms. The smallest absolute Gasteiger partial charge is 0.295 e. The minimum atomic E-state index is -0.847. The number of nitrogens with zero attached hydrogens (tertiary/aromatic N) is 7. The van der Waals surface area contributed by atoms with Crippen LogP contribution < -0.4 is 10.9 Å². The number of anilines is 1. The summed E-state index contributed by atoms with van der Waals surface area (Å²) in [7, 11) is 0. The largest absolute Gasteiger partial charge is 0.360 e. The Hall–Kier alpha value is -3.47. The van der Waals surface area contributed by atoms with Crippen LogP contribution in [0.5, 0.6) is 0 Å². The van der Waals surface area contributed by atoms with Crippen LogP contribution in [0.4, 0.5) is 10.2 Å². The second-order valence-corrected chi connectivity index (χ2v) is 10.1. The molecule has 1 fully saturated rings. The van der Waals surface area contributed by atoms with E-state index in [4.69, 9.17) is 4.98 Å². The third kappa shape index (κ3) is 4.92. The molecule has 0 spiro atoms. The molecule has 1 atom stereocenters. The van der Waals surface area contributed by atoms with Gasteiger partial charge in [-0.15, -0.1) is 11.8 Å². The zero-order chi connectivity index (χ0) is 26.1. The third-order valence-corrected chi connectivity index (χ3v) is 7.41. The Balaban J connectivity index is 1.65. The molecule has 5 rings (SSSR count). The van der Waals surface area contributed by atoms with Crippen molar-refractivity contribution < 1.29 is 4.39 Å². The van der Waals surface area contributed by atoms with Crippen LogP contribution >= 0.6 is 11.8 Å². The molecular formula is C26H29FN8OS. The Bertz CT molecular complexity index is 1500. The Kier molecular flexibility index (Phi) is 7.14. The van der Waals surface area contributed by atoms with Crippen molar-refractivity contribution in [3.05, 3.63) is 57.8 Å². The van der Waals surface area contributed by atoms with Gasteiger partial charge in [-0.05, 0) is 51.5 Å². The SMILES string of the molecule is CC[C@@H](C)n1c(=O)c(NCc2ccc(SC)cn2)nc2c(CF)nc(-c3c(C)ncnc3C3CC3)nc21. The number of nitrogens with one attached hydrogen (secondary N) is 1. The van der Waals surface area contributed by atoms with E-state index in [9.17, 15) is 9.18 Å². The standard InChI is InChI=1S/C26H29FN8OS/c1-5-14(2)35-25-22(33-24(26(35)36)29-11-17-8-9-18(37-4)12-28-17)19(10-27)32-23(34-25)20-15(3)30-13-31-21(20)16-6-7-16/h8-9,12-14,16H,5-7,10-11H2,1-4H3,(H,29,33)/t14-/m1/s1. The number of hydrogen-bond donors (Lipinski definition) is 1. The van der Waals surface area contributed by atoms with Crippen LogP contribution in [-0.2, 0) is 13.2 Å².